The van der Waals surface area contributed by atoms with E-state index >= 15 is 0 Å². The molecule has 2 N–H and O–H groups in total. The Balaban J connectivity index is 2.02. The molecule has 0 heterocycles. The number of hydrogen-bond acceptors (Lipinski definition) is 3. The first-order valence-electron chi connectivity index (χ1n) is 6.96. The van der Waals surface area contributed by atoms with E-state index in [1.165, 1.54) is 18.2 Å². The lowest BCUT2D eigenvalue weighted by molar-refractivity contribution is -0.131. The Morgan fingerprint density at radius 2 is 2.05 bits per heavy atom. The summed E-state index contributed by atoms with van der Waals surface area (Å²) in [6, 6.07) is 6.21. The van der Waals surface area contributed by atoms with Gasteiger partial charge in [-0.3, -0.25) is 0 Å². The van der Waals surface area contributed by atoms with Crippen molar-refractivity contribution in [1.29, 1.82) is 0 Å². The zero-order valence-electron chi connectivity index (χ0n) is 11.8. The summed E-state index contributed by atoms with van der Waals surface area (Å²) in [5, 5.41) is 8.54. The normalized spacial score (nSPS) is 21.6. The fourth-order valence-electron chi connectivity index (χ4n) is 2.27. The number of rotatable bonds is 7. The van der Waals surface area contributed by atoms with Gasteiger partial charge in [-0.2, -0.15) is 0 Å². The highest BCUT2D eigenvalue weighted by Crippen LogP contribution is 2.35. The maximum atomic E-state index is 12.2. The lowest BCUT2D eigenvalue weighted by Crippen LogP contribution is -2.27. The summed E-state index contributed by atoms with van der Waals surface area (Å²) in [5.41, 5.74) is 0.645. The zero-order valence-corrected chi connectivity index (χ0v) is 12.6. The fraction of sp³-hybridized carbons (Fsp3) is 0.400. The molecule has 1 aliphatic rings. The molecular weight excluding hydrogens is 290 g/mol. The van der Waals surface area contributed by atoms with Gasteiger partial charge in [-0.15, -0.1) is 0 Å². The maximum Gasteiger partial charge on any atom is 0.328 e. The number of sulfonamides is 1. The van der Waals surface area contributed by atoms with Crippen molar-refractivity contribution in [3.8, 4) is 0 Å². The summed E-state index contributed by atoms with van der Waals surface area (Å²) < 4.78 is 27.1. The third-order valence-corrected chi connectivity index (χ3v) is 5.00. The number of carbonyl (C=O) groups is 1. The smallest absolute Gasteiger partial charge is 0.328 e. The Labute approximate surface area is 124 Å². The van der Waals surface area contributed by atoms with Crippen molar-refractivity contribution in [2.45, 2.75) is 37.1 Å². The topological polar surface area (TPSA) is 83.5 Å². The molecule has 2 atom stereocenters. The summed E-state index contributed by atoms with van der Waals surface area (Å²) in [7, 11) is -3.49. The number of aliphatic carboxylic acids is 1. The van der Waals surface area contributed by atoms with Crippen molar-refractivity contribution in [3.05, 3.63) is 35.9 Å². The first-order chi connectivity index (χ1) is 9.92. The van der Waals surface area contributed by atoms with Crippen LogP contribution in [0.15, 0.2) is 35.2 Å². The maximum absolute atomic E-state index is 12.2. The van der Waals surface area contributed by atoms with E-state index in [-0.39, 0.29) is 10.9 Å². The second kappa shape index (κ2) is 6.41. The van der Waals surface area contributed by atoms with Gasteiger partial charge in [0.2, 0.25) is 10.0 Å². The van der Waals surface area contributed by atoms with Crippen LogP contribution in [0.2, 0.25) is 0 Å². The third-order valence-electron chi connectivity index (χ3n) is 3.50. The summed E-state index contributed by atoms with van der Waals surface area (Å²) in [6.45, 7) is 2.09. The molecule has 0 saturated heterocycles. The van der Waals surface area contributed by atoms with Gasteiger partial charge < -0.3 is 5.11 Å². The molecule has 6 heteroatoms. The van der Waals surface area contributed by atoms with Gasteiger partial charge in [-0.1, -0.05) is 25.5 Å². The van der Waals surface area contributed by atoms with Crippen LogP contribution in [0, 0.1) is 5.92 Å². The summed E-state index contributed by atoms with van der Waals surface area (Å²) in [4.78, 5) is 10.6. The molecule has 1 aromatic rings. The number of hydrogen-bond donors (Lipinski definition) is 2. The molecule has 1 aromatic carbocycles. The third kappa shape index (κ3) is 4.41. The van der Waals surface area contributed by atoms with Crippen LogP contribution in [-0.4, -0.2) is 25.5 Å². The monoisotopic (exact) mass is 309 g/mol. The van der Waals surface area contributed by atoms with Gasteiger partial charge in [0.05, 0.1) is 4.90 Å². The summed E-state index contributed by atoms with van der Waals surface area (Å²) in [6.07, 6.45) is 5.46. The van der Waals surface area contributed by atoms with Gasteiger partial charge in [0.25, 0.3) is 0 Å². The molecule has 5 nitrogen and oxygen atoms in total. The van der Waals surface area contributed by atoms with Crippen LogP contribution in [0.1, 0.15) is 31.7 Å². The second-order valence-electron chi connectivity index (χ2n) is 5.25. The highest BCUT2D eigenvalue weighted by Gasteiger charge is 2.39. The molecule has 1 saturated carbocycles. The second-order valence-corrected chi connectivity index (χ2v) is 6.97. The molecule has 2 rings (SSSR count). The molecule has 114 valence electrons. The Kier molecular flexibility index (Phi) is 4.80. The number of carboxylic acid groups (broad SMARTS) is 1. The van der Waals surface area contributed by atoms with E-state index < -0.39 is 16.0 Å². The van der Waals surface area contributed by atoms with Crippen molar-refractivity contribution in [2.24, 2.45) is 5.92 Å². The Morgan fingerprint density at radius 3 is 2.62 bits per heavy atom. The predicted molar refractivity (Wildman–Crippen MR) is 80.2 cm³/mol. The molecule has 2 unspecified atom stereocenters. The van der Waals surface area contributed by atoms with Crippen molar-refractivity contribution in [2.75, 3.05) is 0 Å². The van der Waals surface area contributed by atoms with E-state index in [9.17, 15) is 13.2 Å². The van der Waals surface area contributed by atoms with Crippen LogP contribution in [-0.2, 0) is 14.8 Å². The number of benzene rings is 1. The molecule has 0 radical (unpaired) electrons. The molecule has 0 bridgehead atoms. The van der Waals surface area contributed by atoms with Crippen LogP contribution in [0.25, 0.3) is 6.08 Å². The highest BCUT2D eigenvalue weighted by molar-refractivity contribution is 7.89. The van der Waals surface area contributed by atoms with Gasteiger partial charge in [0.15, 0.2) is 0 Å². The first-order valence-corrected chi connectivity index (χ1v) is 8.44. The first kappa shape index (κ1) is 15.7. The zero-order chi connectivity index (χ0) is 15.5. The quantitative estimate of drug-likeness (QED) is 0.757. The number of nitrogens with one attached hydrogen (secondary N) is 1. The minimum atomic E-state index is -3.49. The minimum absolute atomic E-state index is 0.0570. The van der Waals surface area contributed by atoms with Crippen molar-refractivity contribution in [3.63, 3.8) is 0 Å². The van der Waals surface area contributed by atoms with E-state index in [4.69, 9.17) is 5.11 Å². The largest absolute Gasteiger partial charge is 0.478 e. The van der Waals surface area contributed by atoms with E-state index in [2.05, 4.69) is 11.6 Å². The fourth-order valence-corrected chi connectivity index (χ4v) is 3.59. The van der Waals surface area contributed by atoms with Gasteiger partial charge in [-0.25, -0.2) is 17.9 Å². The van der Waals surface area contributed by atoms with E-state index in [1.54, 1.807) is 12.1 Å². The van der Waals surface area contributed by atoms with Crippen molar-refractivity contribution < 1.29 is 18.3 Å². The van der Waals surface area contributed by atoms with Crippen LogP contribution in [0.3, 0.4) is 0 Å². The Hall–Kier alpha value is -1.66. The molecule has 0 aromatic heterocycles. The average Bonchev–Trinajstić information content (AvgIpc) is 3.14. The summed E-state index contributed by atoms with van der Waals surface area (Å²) >= 11 is 0. The van der Waals surface area contributed by atoms with Crippen molar-refractivity contribution >= 4 is 22.1 Å². The molecule has 1 fully saturated rings. The highest BCUT2D eigenvalue weighted by atomic mass is 32.2. The average molecular weight is 309 g/mol. The summed E-state index contributed by atoms with van der Waals surface area (Å²) in [5.74, 6) is -0.577. The van der Waals surface area contributed by atoms with Crippen LogP contribution in [0.4, 0.5) is 0 Å². The van der Waals surface area contributed by atoms with Gasteiger partial charge in [0.1, 0.15) is 0 Å². The molecule has 21 heavy (non-hydrogen) atoms. The Morgan fingerprint density at radius 1 is 1.38 bits per heavy atom. The molecule has 0 amide bonds. The van der Waals surface area contributed by atoms with E-state index in [0.717, 1.165) is 25.3 Å². The van der Waals surface area contributed by atoms with E-state index in [0.29, 0.717) is 11.5 Å². The molecular formula is C15H19NO4S. The lowest BCUT2D eigenvalue weighted by atomic mass is 10.2. The van der Waals surface area contributed by atoms with Gasteiger partial charge in [-0.05, 0) is 42.5 Å². The van der Waals surface area contributed by atoms with Crippen LogP contribution < -0.4 is 4.72 Å². The van der Waals surface area contributed by atoms with Crippen molar-refractivity contribution in [1.82, 2.24) is 4.72 Å². The SMILES string of the molecule is CCCC1CC1NS(=O)(=O)c1ccc(/C=C/C(=O)O)cc1. The lowest BCUT2D eigenvalue weighted by Gasteiger charge is -2.06. The Bertz CT molecular complexity index is 634. The van der Waals surface area contributed by atoms with E-state index in [1.807, 2.05) is 0 Å². The van der Waals surface area contributed by atoms with Crippen LogP contribution in [0.5, 0.6) is 0 Å². The standard InChI is InChI=1S/C15H19NO4S/c1-2-3-12-10-14(12)16-21(19,20)13-7-4-11(5-8-13)6-9-15(17)18/h4-9,12,14,16H,2-3,10H2,1H3,(H,17,18)/b9-6+. The van der Waals surface area contributed by atoms with Crippen LogP contribution >= 0.6 is 0 Å². The minimum Gasteiger partial charge on any atom is -0.478 e. The number of carboxylic acids is 1. The molecule has 0 spiro atoms. The molecule has 1 aliphatic carbocycles. The predicted octanol–water partition coefficient (Wildman–Crippen LogP) is 2.25. The molecule has 0 aliphatic heterocycles. The van der Waals surface area contributed by atoms with Gasteiger partial charge in [0, 0.05) is 12.1 Å². The van der Waals surface area contributed by atoms with Gasteiger partial charge >= 0.3 is 5.97 Å².